The molecule has 0 saturated carbocycles. The Morgan fingerprint density at radius 2 is 1.70 bits per heavy atom. The molecule has 0 bridgehead atoms. The number of nitrogen functional groups attached to an aromatic ring is 1. The molecule has 0 spiro atoms. The smallest absolute Gasteiger partial charge is 0.209 e. The number of nitrogens with zero attached hydrogens (tertiary/aromatic N) is 1. The van der Waals surface area contributed by atoms with Crippen LogP contribution in [-0.4, -0.2) is 18.8 Å². The highest BCUT2D eigenvalue weighted by molar-refractivity contribution is 7.85. The monoisotopic (exact) mass is 336 g/mol. The Balaban J connectivity index is 0.000000238. The number of carbonyl (C=O) groups excluding carboxylic acids is 1. The van der Waals surface area contributed by atoms with E-state index in [2.05, 4.69) is 0 Å². The maximum atomic E-state index is 10.8. The van der Waals surface area contributed by atoms with E-state index in [0.29, 0.717) is 16.7 Å². The largest absolute Gasteiger partial charge is 0.744 e. The number of benzene rings is 1. The molecule has 1 aromatic carbocycles. The molecule has 0 radical (unpaired) electrons. The van der Waals surface area contributed by atoms with Gasteiger partial charge in [0.15, 0.2) is 12.0 Å². The molecule has 2 aromatic rings. The normalized spacial score (nSPS) is 10.7. The molecule has 0 atom stereocenters. The molecule has 6 nitrogen and oxygen atoms in total. The average Bonchev–Trinajstić information content (AvgIpc) is 2.36. The molecule has 2 rings (SSSR count). The quantitative estimate of drug-likeness (QED) is 0.386. The molecule has 23 heavy (non-hydrogen) atoms. The van der Waals surface area contributed by atoms with Crippen LogP contribution >= 0.6 is 0 Å². The summed E-state index contributed by atoms with van der Waals surface area (Å²) in [6, 6.07) is 6.85. The fourth-order valence-electron chi connectivity index (χ4n) is 2.26. The minimum absolute atomic E-state index is 0.0276. The van der Waals surface area contributed by atoms with Crippen molar-refractivity contribution in [3.05, 3.63) is 58.9 Å². The maximum Gasteiger partial charge on any atom is 0.209 e. The molecule has 0 unspecified atom stereocenters. The predicted octanol–water partition coefficient (Wildman–Crippen LogP) is 1.41. The Morgan fingerprint density at radius 1 is 1.17 bits per heavy atom. The summed E-state index contributed by atoms with van der Waals surface area (Å²) >= 11 is 0. The van der Waals surface area contributed by atoms with Crippen molar-refractivity contribution in [3.8, 4) is 0 Å². The summed E-state index contributed by atoms with van der Waals surface area (Å²) in [6.07, 6.45) is 3.26. The van der Waals surface area contributed by atoms with Crippen LogP contribution in [0.5, 0.6) is 0 Å². The lowest BCUT2D eigenvalue weighted by Crippen LogP contribution is -2.43. The Labute approximate surface area is 136 Å². The summed E-state index contributed by atoms with van der Waals surface area (Å²) < 4.78 is 33.8. The van der Waals surface area contributed by atoms with Gasteiger partial charge in [-0.3, -0.25) is 4.79 Å². The maximum absolute atomic E-state index is 10.8. The highest BCUT2D eigenvalue weighted by atomic mass is 32.2. The van der Waals surface area contributed by atoms with Gasteiger partial charge in [0.05, 0.1) is 10.5 Å². The number of aryl methyl sites for hydroxylation is 3. The van der Waals surface area contributed by atoms with Crippen molar-refractivity contribution >= 4 is 15.9 Å². The molecule has 0 fully saturated rings. The van der Waals surface area contributed by atoms with Gasteiger partial charge in [0.2, 0.25) is 6.20 Å². The van der Waals surface area contributed by atoms with Crippen LogP contribution in [0.25, 0.3) is 0 Å². The van der Waals surface area contributed by atoms with Crippen molar-refractivity contribution < 1.29 is 22.4 Å². The lowest BCUT2D eigenvalue weighted by atomic mass is 10.1. The van der Waals surface area contributed by atoms with Crippen LogP contribution in [0.2, 0.25) is 0 Å². The number of carbonyl (C=O) groups is 1. The van der Waals surface area contributed by atoms with Crippen LogP contribution in [0.4, 0.5) is 0 Å². The van der Waals surface area contributed by atoms with Crippen LogP contribution < -0.4 is 10.5 Å². The molecule has 0 amide bonds. The molecule has 0 aliphatic heterocycles. The van der Waals surface area contributed by atoms with Gasteiger partial charge < -0.3 is 4.55 Å². The Bertz CT molecular complexity index is 807. The summed E-state index contributed by atoms with van der Waals surface area (Å²) in [5, 5.41) is 0. The number of aromatic nitrogens is 1. The predicted molar refractivity (Wildman–Crippen MR) is 85.4 cm³/mol. The standard InChI is InChI=1S/C9H12O3S.C7H9N2O/c1-6-4-7(2)9(8(3)5-6)13(10,11)12;1-6(10)7-3-2-4-9(8)5-7/h4-5H,1-3H3,(H,10,11,12);2-5H,8H2,1H3/q;+1/p-1. The van der Waals surface area contributed by atoms with Gasteiger partial charge in [0, 0.05) is 6.07 Å². The number of rotatable bonds is 2. The molecule has 2 N–H and O–H groups in total. The van der Waals surface area contributed by atoms with Crippen molar-refractivity contribution in [2.24, 2.45) is 0 Å². The summed E-state index contributed by atoms with van der Waals surface area (Å²) in [5.74, 6) is 5.39. The zero-order valence-corrected chi connectivity index (χ0v) is 14.3. The number of hydrogen-bond donors (Lipinski definition) is 1. The number of hydrogen-bond acceptors (Lipinski definition) is 5. The van der Waals surface area contributed by atoms with Gasteiger partial charge in [-0.05, 0) is 44.9 Å². The van der Waals surface area contributed by atoms with E-state index in [9.17, 15) is 17.8 Å². The first kappa shape index (κ1) is 18.8. The van der Waals surface area contributed by atoms with E-state index >= 15 is 0 Å². The van der Waals surface area contributed by atoms with Crippen LogP contribution in [0.1, 0.15) is 34.0 Å². The number of nitrogens with two attached hydrogens (primary N) is 1. The SMILES string of the molecule is CC(=O)c1ccc[n+](N)c1.Cc1cc(C)c(S(=O)(=O)[O-])c(C)c1. The molecule has 7 heteroatoms. The van der Waals surface area contributed by atoms with Crippen LogP contribution in [0.15, 0.2) is 41.6 Å². The van der Waals surface area contributed by atoms with Crippen molar-refractivity contribution in [1.29, 1.82) is 0 Å². The van der Waals surface area contributed by atoms with Gasteiger partial charge >= 0.3 is 0 Å². The first-order chi connectivity index (χ1) is 10.5. The van der Waals surface area contributed by atoms with Crippen molar-refractivity contribution in [3.63, 3.8) is 0 Å². The van der Waals surface area contributed by atoms with E-state index in [1.807, 2.05) is 6.92 Å². The summed E-state index contributed by atoms with van der Waals surface area (Å²) in [6.45, 7) is 6.63. The zero-order chi connectivity index (χ0) is 17.8. The van der Waals surface area contributed by atoms with E-state index in [1.165, 1.54) is 11.6 Å². The second-order valence-corrected chi connectivity index (χ2v) is 6.59. The van der Waals surface area contributed by atoms with Crippen LogP contribution in [0, 0.1) is 20.8 Å². The van der Waals surface area contributed by atoms with Crippen molar-refractivity contribution in [2.75, 3.05) is 5.84 Å². The average molecular weight is 336 g/mol. The molecule has 1 aromatic heterocycles. The lowest BCUT2D eigenvalue weighted by Gasteiger charge is -2.14. The number of ketones is 1. The van der Waals surface area contributed by atoms with E-state index < -0.39 is 10.1 Å². The first-order valence-corrected chi connectivity index (χ1v) is 8.24. The Morgan fingerprint density at radius 3 is 2.04 bits per heavy atom. The number of pyridine rings is 1. The summed E-state index contributed by atoms with van der Waals surface area (Å²) in [7, 11) is -4.33. The van der Waals surface area contributed by atoms with E-state index in [-0.39, 0.29) is 10.7 Å². The molecule has 0 aliphatic carbocycles. The molecule has 0 aliphatic rings. The second-order valence-electron chi connectivity index (χ2n) is 5.28. The van der Waals surface area contributed by atoms with Gasteiger partial charge in [0.25, 0.3) is 0 Å². The molecule has 124 valence electrons. The third-order valence-electron chi connectivity index (χ3n) is 3.08. The molecular formula is C16H20N2O4S. The van der Waals surface area contributed by atoms with E-state index in [4.69, 9.17) is 5.84 Å². The molecule has 0 saturated heterocycles. The van der Waals surface area contributed by atoms with E-state index in [0.717, 1.165) is 5.56 Å². The minimum Gasteiger partial charge on any atom is -0.744 e. The third kappa shape index (κ3) is 5.46. The fourth-order valence-corrected chi connectivity index (χ4v) is 3.17. The minimum atomic E-state index is -4.33. The second kappa shape index (κ2) is 7.34. The highest BCUT2D eigenvalue weighted by Gasteiger charge is 2.09. The summed E-state index contributed by atoms with van der Waals surface area (Å²) in [5.41, 5.74) is 2.63. The number of Topliss-reactive ketones (excluding diaryl/α,β-unsaturated/α-hetero) is 1. The lowest BCUT2D eigenvalue weighted by molar-refractivity contribution is -0.639. The first-order valence-electron chi connectivity index (χ1n) is 6.83. The van der Waals surface area contributed by atoms with Gasteiger partial charge in [0.1, 0.15) is 10.1 Å². The van der Waals surface area contributed by atoms with Gasteiger partial charge in [-0.1, -0.05) is 22.4 Å². The zero-order valence-electron chi connectivity index (χ0n) is 13.5. The van der Waals surface area contributed by atoms with Gasteiger partial charge in [-0.2, -0.15) is 0 Å². The third-order valence-corrected chi connectivity index (χ3v) is 4.23. The molecule has 1 heterocycles. The fraction of sp³-hybridized carbons (Fsp3) is 0.250. The van der Waals surface area contributed by atoms with Gasteiger partial charge in [-0.25, -0.2) is 14.3 Å². The van der Waals surface area contributed by atoms with Crippen LogP contribution in [0.3, 0.4) is 0 Å². The highest BCUT2D eigenvalue weighted by Crippen LogP contribution is 2.20. The Hall–Kier alpha value is -2.25. The van der Waals surface area contributed by atoms with Gasteiger partial charge in [-0.15, -0.1) is 0 Å². The van der Waals surface area contributed by atoms with E-state index in [1.54, 1.807) is 50.5 Å². The Kier molecular flexibility index (Phi) is 6.00. The summed E-state index contributed by atoms with van der Waals surface area (Å²) in [4.78, 5) is 10.6. The topological polar surface area (TPSA) is 104 Å². The van der Waals surface area contributed by atoms with Crippen LogP contribution in [-0.2, 0) is 10.1 Å². The van der Waals surface area contributed by atoms with Crippen molar-refractivity contribution in [2.45, 2.75) is 32.6 Å². The van der Waals surface area contributed by atoms with Crippen molar-refractivity contribution in [1.82, 2.24) is 0 Å². The molecular weight excluding hydrogens is 316 g/mol.